The Bertz CT molecular complexity index is 514. The van der Waals surface area contributed by atoms with Crippen molar-refractivity contribution in [2.45, 2.75) is 69.2 Å². The molecule has 0 heterocycles. The van der Waals surface area contributed by atoms with E-state index in [1.807, 2.05) is 0 Å². The molecule has 2 aliphatic rings. The first-order valence-electron chi connectivity index (χ1n) is 9.70. The standard InChI is InChI=1S/2C10H16.C4H10O2.Ba.2H/c2*1-6-7(2)9(4)10(5)8(6)3;1-5-3-4-6-2;;;/h2*6H,1-5H3;3-4H2,1-2H3;;;/q;;;+2;2*-1. The molecule has 0 bridgehead atoms. The molecule has 0 aromatic heterocycles. The van der Waals surface area contributed by atoms with Gasteiger partial charge in [-0.1, -0.05) is 36.1 Å². The summed E-state index contributed by atoms with van der Waals surface area (Å²) in [5.41, 5.74) is 12.2. The molecule has 0 atom stereocenters. The van der Waals surface area contributed by atoms with Crippen LogP contribution in [0.15, 0.2) is 44.6 Å². The molecule has 2 aliphatic carbocycles. The molecule has 0 saturated heterocycles. The molecular weight excluding hydrogens is 458 g/mol. The van der Waals surface area contributed by atoms with Gasteiger partial charge >= 0.3 is 48.9 Å². The largest absolute Gasteiger partial charge is 2.00 e. The maximum Gasteiger partial charge on any atom is 2.00 e. The van der Waals surface area contributed by atoms with E-state index in [4.69, 9.17) is 0 Å². The van der Waals surface area contributed by atoms with E-state index < -0.39 is 0 Å². The minimum Gasteiger partial charge on any atom is -1.00 e. The quantitative estimate of drug-likeness (QED) is 0.315. The van der Waals surface area contributed by atoms with Crippen molar-refractivity contribution in [3.63, 3.8) is 0 Å². The number of ether oxygens (including phenoxy) is 2. The molecule has 0 saturated carbocycles. The molecule has 0 fully saturated rings. The Labute approximate surface area is 212 Å². The molecule has 0 radical (unpaired) electrons. The monoisotopic (exact) mass is 502 g/mol. The summed E-state index contributed by atoms with van der Waals surface area (Å²) in [6.45, 7) is 23.8. The van der Waals surface area contributed by atoms with Crippen LogP contribution in [0.4, 0.5) is 0 Å². The van der Waals surface area contributed by atoms with Gasteiger partial charge in [-0.05, 0) is 89.5 Å². The van der Waals surface area contributed by atoms with Gasteiger partial charge in [0.25, 0.3) is 0 Å². The van der Waals surface area contributed by atoms with Crippen LogP contribution in [0.1, 0.15) is 72.1 Å². The van der Waals surface area contributed by atoms with E-state index in [-0.39, 0.29) is 51.7 Å². The summed E-state index contributed by atoms with van der Waals surface area (Å²) >= 11 is 0. The third-order valence-electron chi connectivity index (χ3n) is 6.58. The van der Waals surface area contributed by atoms with Crippen molar-refractivity contribution in [2.24, 2.45) is 11.8 Å². The van der Waals surface area contributed by atoms with Gasteiger partial charge in [0.15, 0.2) is 0 Å². The molecule has 27 heavy (non-hydrogen) atoms. The Morgan fingerprint density at radius 2 is 0.741 bits per heavy atom. The summed E-state index contributed by atoms with van der Waals surface area (Å²) < 4.78 is 9.31. The van der Waals surface area contributed by atoms with E-state index in [9.17, 15) is 0 Å². The molecule has 2 rings (SSSR count). The van der Waals surface area contributed by atoms with Gasteiger partial charge in [0.1, 0.15) is 0 Å². The van der Waals surface area contributed by atoms with Crippen LogP contribution in [0.25, 0.3) is 0 Å². The topological polar surface area (TPSA) is 18.5 Å². The normalized spacial score (nSPS) is 17.8. The van der Waals surface area contributed by atoms with Crippen LogP contribution >= 0.6 is 0 Å². The molecule has 0 aromatic carbocycles. The van der Waals surface area contributed by atoms with Gasteiger partial charge < -0.3 is 12.3 Å². The molecule has 154 valence electrons. The van der Waals surface area contributed by atoms with Crippen molar-refractivity contribution < 1.29 is 12.3 Å². The summed E-state index contributed by atoms with van der Waals surface area (Å²) in [7, 11) is 3.30. The second-order valence-electron chi connectivity index (χ2n) is 7.66. The SMILES string of the molecule is CC1=C(C)C(C)C(C)=C1C.CC1=C(C)C(C)C(C)=C1C.COCCOC.[Ba+2].[H-].[H-]. The van der Waals surface area contributed by atoms with Gasteiger partial charge in [0.2, 0.25) is 0 Å². The van der Waals surface area contributed by atoms with Crippen molar-refractivity contribution >= 4 is 48.9 Å². The third kappa shape index (κ3) is 8.38. The molecule has 2 nitrogen and oxygen atoms in total. The average Bonchev–Trinajstić information content (AvgIpc) is 2.91. The minimum absolute atomic E-state index is 0. The zero-order chi connectivity index (χ0) is 20.6. The summed E-state index contributed by atoms with van der Waals surface area (Å²) in [5, 5.41) is 0. The summed E-state index contributed by atoms with van der Waals surface area (Å²) in [4.78, 5) is 0. The van der Waals surface area contributed by atoms with Gasteiger partial charge in [-0.2, -0.15) is 0 Å². The van der Waals surface area contributed by atoms with Crippen molar-refractivity contribution in [1.29, 1.82) is 0 Å². The number of rotatable bonds is 3. The van der Waals surface area contributed by atoms with E-state index >= 15 is 0 Å². The molecule has 0 aromatic rings. The second-order valence-corrected chi connectivity index (χ2v) is 7.66. The fraction of sp³-hybridized carbons (Fsp3) is 0.667. The van der Waals surface area contributed by atoms with Crippen LogP contribution in [-0.4, -0.2) is 76.3 Å². The van der Waals surface area contributed by atoms with Crippen molar-refractivity contribution in [3.8, 4) is 0 Å². The van der Waals surface area contributed by atoms with Crippen LogP contribution in [0.2, 0.25) is 0 Å². The first kappa shape index (κ1) is 29.7. The maximum absolute atomic E-state index is 4.66. The number of hydrogen-bond acceptors (Lipinski definition) is 2. The van der Waals surface area contributed by atoms with Crippen molar-refractivity contribution in [1.82, 2.24) is 0 Å². The van der Waals surface area contributed by atoms with Gasteiger partial charge in [-0.3, -0.25) is 0 Å². The zero-order valence-electron chi connectivity index (χ0n) is 22.1. The predicted octanol–water partition coefficient (Wildman–Crippen LogP) is 6.74. The summed E-state index contributed by atoms with van der Waals surface area (Å²) in [6, 6.07) is 0. The summed E-state index contributed by atoms with van der Waals surface area (Å²) in [5.74, 6) is 1.39. The maximum atomic E-state index is 4.66. The first-order chi connectivity index (χ1) is 12.0. The first-order valence-corrected chi connectivity index (χ1v) is 9.70. The molecule has 0 N–H and O–H groups in total. The predicted molar refractivity (Wildman–Crippen MR) is 124 cm³/mol. The molecule has 3 heteroatoms. The van der Waals surface area contributed by atoms with E-state index in [2.05, 4.69) is 78.7 Å². The summed E-state index contributed by atoms with van der Waals surface area (Å²) in [6.07, 6.45) is 0. The van der Waals surface area contributed by atoms with Gasteiger partial charge in [0.05, 0.1) is 13.2 Å². The number of allylic oxidation sites excluding steroid dienone is 8. The smallest absolute Gasteiger partial charge is 1.00 e. The van der Waals surface area contributed by atoms with Crippen molar-refractivity contribution in [3.05, 3.63) is 44.6 Å². The molecule has 0 amide bonds. The van der Waals surface area contributed by atoms with E-state index in [1.165, 1.54) is 22.3 Å². The van der Waals surface area contributed by atoms with Crippen LogP contribution in [0.3, 0.4) is 0 Å². The fourth-order valence-electron chi connectivity index (χ4n) is 3.30. The average molecular weight is 502 g/mol. The van der Waals surface area contributed by atoms with Crippen LogP contribution in [0, 0.1) is 11.8 Å². The number of methoxy groups -OCH3 is 2. The van der Waals surface area contributed by atoms with Crippen LogP contribution in [0.5, 0.6) is 0 Å². The molecule has 0 aliphatic heterocycles. The minimum atomic E-state index is 0. The van der Waals surface area contributed by atoms with Crippen LogP contribution in [-0.2, 0) is 9.47 Å². The van der Waals surface area contributed by atoms with E-state index in [0.717, 1.165) is 0 Å². The third-order valence-corrected chi connectivity index (χ3v) is 6.58. The second kappa shape index (κ2) is 14.4. The Kier molecular flexibility index (Phi) is 15.9. The van der Waals surface area contributed by atoms with E-state index in [1.54, 1.807) is 36.5 Å². The molecular formula is C24H44BaO2. The Hall–Kier alpha value is 0.451. The van der Waals surface area contributed by atoms with Crippen LogP contribution < -0.4 is 0 Å². The van der Waals surface area contributed by atoms with Gasteiger partial charge in [-0.15, -0.1) is 0 Å². The Balaban J connectivity index is -0.000000159. The van der Waals surface area contributed by atoms with Gasteiger partial charge in [0, 0.05) is 14.2 Å². The Morgan fingerprint density at radius 3 is 0.815 bits per heavy atom. The fourth-order valence-corrected chi connectivity index (χ4v) is 3.30. The number of hydrogen-bond donors (Lipinski definition) is 0. The van der Waals surface area contributed by atoms with Gasteiger partial charge in [-0.25, -0.2) is 0 Å². The molecule has 0 unspecified atom stereocenters. The molecule has 0 spiro atoms. The Morgan fingerprint density at radius 1 is 0.556 bits per heavy atom. The van der Waals surface area contributed by atoms with Crippen molar-refractivity contribution in [2.75, 3.05) is 27.4 Å². The van der Waals surface area contributed by atoms with E-state index in [0.29, 0.717) is 25.0 Å². The zero-order valence-corrected chi connectivity index (χ0v) is 24.5.